The number of hydrogen-bond donors (Lipinski definition) is 1. The van der Waals surface area contributed by atoms with Crippen LogP contribution in [0.2, 0.25) is 0 Å². The molecule has 0 fully saturated rings. The van der Waals surface area contributed by atoms with E-state index in [-0.39, 0.29) is 18.2 Å². The van der Waals surface area contributed by atoms with E-state index in [1.54, 1.807) is 0 Å². The van der Waals surface area contributed by atoms with Crippen LogP contribution in [-0.4, -0.2) is 18.4 Å². The third-order valence-electron chi connectivity index (χ3n) is 1.65. The van der Waals surface area contributed by atoms with Crippen LogP contribution >= 0.6 is 11.6 Å². The van der Waals surface area contributed by atoms with E-state index in [0.717, 1.165) is 6.07 Å². The molecule has 16 heavy (non-hydrogen) atoms. The number of halogens is 2. The monoisotopic (exact) mass is 241 g/mol. The Labute approximate surface area is 97.5 Å². The van der Waals surface area contributed by atoms with E-state index < -0.39 is 11.7 Å². The summed E-state index contributed by atoms with van der Waals surface area (Å²) < 4.78 is 18.0. The first-order valence-corrected chi connectivity index (χ1v) is 4.92. The van der Waals surface area contributed by atoms with Crippen LogP contribution in [0.1, 0.15) is 0 Å². The van der Waals surface area contributed by atoms with Crippen LogP contribution in [-0.2, 0) is 4.79 Å². The first-order valence-electron chi connectivity index (χ1n) is 4.39. The molecule has 0 spiro atoms. The number of ether oxygens (including phenoxy) is 1. The Kier molecular flexibility index (Phi) is 4.62. The molecule has 1 rings (SSSR count). The first-order chi connectivity index (χ1) is 7.67. The van der Waals surface area contributed by atoms with Crippen molar-refractivity contribution < 1.29 is 13.9 Å². The van der Waals surface area contributed by atoms with Crippen LogP contribution in [0.25, 0.3) is 0 Å². The number of carbonyl (C=O) groups is 1. The summed E-state index contributed by atoms with van der Waals surface area (Å²) in [5.74, 6) is 1.36. The molecular formula is C11H9ClFNO2. The minimum Gasteiger partial charge on any atom is -0.479 e. The molecule has 0 radical (unpaired) electrons. The molecule has 1 amide bonds. The summed E-state index contributed by atoms with van der Waals surface area (Å²) in [6.45, 7) is -0.00675. The zero-order chi connectivity index (χ0) is 12.0. The molecule has 1 aromatic rings. The van der Waals surface area contributed by atoms with Crippen molar-refractivity contribution in [1.82, 2.24) is 0 Å². The Morgan fingerprint density at radius 3 is 3.00 bits per heavy atom. The van der Waals surface area contributed by atoms with E-state index in [9.17, 15) is 9.18 Å². The number of benzene rings is 1. The number of rotatable bonds is 4. The summed E-state index contributed by atoms with van der Waals surface area (Å²) in [5.41, 5.74) is 0.335. The Morgan fingerprint density at radius 2 is 2.38 bits per heavy atom. The van der Waals surface area contributed by atoms with Gasteiger partial charge in [-0.25, -0.2) is 4.39 Å². The average molecular weight is 242 g/mol. The van der Waals surface area contributed by atoms with E-state index in [1.807, 2.05) is 0 Å². The predicted molar refractivity (Wildman–Crippen MR) is 60.1 cm³/mol. The summed E-state index contributed by atoms with van der Waals surface area (Å²) in [6.07, 6.45) is 5.01. The van der Waals surface area contributed by atoms with Gasteiger partial charge in [-0.05, 0) is 12.1 Å². The highest BCUT2D eigenvalue weighted by atomic mass is 35.5. The minimum absolute atomic E-state index is 0.00675. The molecule has 3 nitrogen and oxygen atoms in total. The topological polar surface area (TPSA) is 38.3 Å². The van der Waals surface area contributed by atoms with E-state index in [2.05, 4.69) is 11.2 Å². The third-order valence-corrected chi connectivity index (χ3v) is 1.89. The van der Waals surface area contributed by atoms with E-state index in [0.29, 0.717) is 5.69 Å². The van der Waals surface area contributed by atoms with Crippen LogP contribution in [0.3, 0.4) is 0 Å². The number of nitrogens with one attached hydrogen (secondary N) is 1. The Morgan fingerprint density at radius 1 is 1.62 bits per heavy atom. The summed E-state index contributed by atoms with van der Waals surface area (Å²) in [4.78, 5) is 11.1. The largest absolute Gasteiger partial charge is 0.479 e. The standard InChI is InChI=1S/C11H9ClFNO2/c1-2-5-16-10-6-8(13)3-4-9(10)14-11(15)7-12/h1,3-4,6H,5,7H2,(H,14,15). The lowest BCUT2D eigenvalue weighted by molar-refractivity contribution is -0.113. The second kappa shape index (κ2) is 5.99. The second-order valence-corrected chi connectivity index (χ2v) is 3.08. The smallest absolute Gasteiger partial charge is 0.239 e. The summed E-state index contributed by atoms with van der Waals surface area (Å²) >= 11 is 5.33. The van der Waals surface area contributed by atoms with Crippen molar-refractivity contribution >= 4 is 23.2 Å². The van der Waals surface area contributed by atoms with E-state index in [4.69, 9.17) is 22.8 Å². The molecule has 0 saturated heterocycles. The molecule has 0 unspecified atom stereocenters. The number of carbonyl (C=O) groups excluding carboxylic acids is 1. The van der Waals surface area contributed by atoms with Crippen molar-refractivity contribution in [1.29, 1.82) is 0 Å². The maximum Gasteiger partial charge on any atom is 0.239 e. The van der Waals surface area contributed by atoms with Crippen LogP contribution in [0.15, 0.2) is 18.2 Å². The van der Waals surface area contributed by atoms with Crippen LogP contribution in [0, 0.1) is 18.2 Å². The van der Waals surface area contributed by atoms with Gasteiger partial charge in [0.25, 0.3) is 0 Å². The highest BCUT2D eigenvalue weighted by Crippen LogP contribution is 2.25. The van der Waals surface area contributed by atoms with Crippen molar-refractivity contribution in [3.63, 3.8) is 0 Å². The van der Waals surface area contributed by atoms with Gasteiger partial charge in [0.15, 0.2) is 0 Å². The van der Waals surface area contributed by atoms with Gasteiger partial charge in [0.05, 0.1) is 5.69 Å². The number of hydrogen-bond acceptors (Lipinski definition) is 2. The lowest BCUT2D eigenvalue weighted by Gasteiger charge is -2.10. The summed E-state index contributed by atoms with van der Waals surface area (Å²) in [7, 11) is 0. The van der Waals surface area contributed by atoms with Crippen molar-refractivity contribution in [3.05, 3.63) is 24.0 Å². The van der Waals surface area contributed by atoms with Gasteiger partial charge in [-0.2, -0.15) is 0 Å². The van der Waals surface area contributed by atoms with Gasteiger partial charge in [-0.15, -0.1) is 18.0 Å². The molecule has 0 atom stereocenters. The lowest BCUT2D eigenvalue weighted by Crippen LogP contribution is -2.13. The third kappa shape index (κ3) is 3.44. The summed E-state index contributed by atoms with van der Waals surface area (Å²) in [5, 5.41) is 2.47. The summed E-state index contributed by atoms with van der Waals surface area (Å²) in [6, 6.07) is 3.72. The fourth-order valence-corrected chi connectivity index (χ4v) is 1.09. The second-order valence-electron chi connectivity index (χ2n) is 2.82. The van der Waals surface area contributed by atoms with Gasteiger partial charge in [0, 0.05) is 6.07 Å². The molecule has 0 aliphatic rings. The van der Waals surface area contributed by atoms with E-state index in [1.165, 1.54) is 12.1 Å². The molecule has 84 valence electrons. The zero-order valence-corrected chi connectivity index (χ0v) is 9.05. The quantitative estimate of drug-likeness (QED) is 0.647. The normalized spacial score (nSPS) is 9.31. The molecule has 1 N–H and O–H groups in total. The Bertz CT molecular complexity index is 428. The van der Waals surface area contributed by atoms with Crippen molar-refractivity contribution in [3.8, 4) is 18.1 Å². The van der Waals surface area contributed by atoms with Gasteiger partial charge in [0.2, 0.25) is 5.91 Å². The fourth-order valence-electron chi connectivity index (χ4n) is 1.02. The highest BCUT2D eigenvalue weighted by Gasteiger charge is 2.08. The van der Waals surface area contributed by atoms with Gasteiger partial charge >= 0.3 is 0 Å². The zero-order valence-electron chi connectivity index (χ0n) is 8.30. The van der Waals surface area contributed by atoms with Gasteiger partial charge < -0.3 is 10.1 Å². The lowest BCUT2D eigenvalue weighted by atomic mass is 10.3. The van der Waals surface area contributed by atoms with Gasteiger partial charge in [-0.3, -0.25) is 4.79 Å². The average Bonchev–Trinajstić information content (AvgIpc) is 2.29. The maximum absolute atomic E-state index is 12.9. The van der Waals surface area contributed by atoms with Crippen molar-refractivity contribution in [2.24, 2.45) is 0 Å². The predicted octanol–water partition coefficient (Wildman–Crippen LogP) is 2.01. The Balaban J connectivity index is 2.89. The SMILES string of the molecule is C#CCOc1cc(F)ccc1NC(=O)CCl. The van der Waals surface area contributed by atoms with Crippen molar-refractivity contribution in [2.45, 2.75) is 0 Å². The van der Waals surface area contributed by atoms with Gasteiger partial charge in [0.1, 0.15) is 24.1 Å². The highest BCUT2D eigenvalue weighted by molar-refractivity contribution is 6.29. The molecule has 0 aromatic heterocycles. The molecule has 0 aliphatic carbocycles. The van der Waals surface area contributed by atoms with Crippen LogP contribution in [0.5, 0.6) is 5.75 Å². The van der Waals surface area contributed by atoms with Crippen molar-refractivity contribution in [2.75, 3.05) is 17.8 Å². The Hall–Kier alpha value is -1.73. The van der Waals surface area contributed by atoms with Gasteiger partial charge in [-0.1, -0.05) is 5.92 Å². The maximum atomic E-state index is 12.9. The molecule has 1 aromatic carbocycles. The molecular weight excluding hydrogens is 233 g/mol. The molecule has 0 aliphatic heterocycles. The molecule has 0 saturated carbocycles. The fraction of sp³-hybridized carbons (Fsp3) is 0.182. The first kappa shape index (κ1) is 12.3. The van der Waals surface area contributed by atoms with Crippen LogP contribution in [0.4, 0.5) is 10.1 Å². The number of alkyl halides is 1. The molecule has 5 heteroatoms. The number of terminal acetylenes is 1. The molecule has 0 bridgehead atoms. The molecule has 0 heterocycles. The van der Waals surface area contributed by atoms with E-state index >= 15 is 0 Å². The van der Waals surface area contributed by atoms with Crippen LogP contribution < -0.4 is 10.1 Å². The number of anilines is 1. The minimum atomic E-state index is -0.476. The number of amides is 1.